The maximum atomic E-state index is 13.6. The molecule has 3 aromatic carbocycles. The minimum absolute atomic E-state index is 0.128. The predicted molar refractivity (Wildman–Crippen MR) is 106 cm³/mol. The van der Waals surface area contributed by atoms with Crippen LogP contribution in [-0.4, -0.2) is 10.9 Å². The minimum Gasteiger partial charge on any atom is -0.411 e. The molecular formula is C22H18BrF2NO. The molecule has 0 bridgehead atoms. The van der Waals surface area contributed by atoms with Crippen LogP contribution in [0.2, 0.25) is 0 Å². The molecule has 27 heavy (non-hydrogen) atoms. The molecule has 0 saturated heterocycles. The predicted octanol–water partition coefficient (Wildman–Crippen LogP) is 6.44. The van der Waals surface area contributed by atoms with Crippen LogP contribution in [0.4, 0.5) is 8.78 Å². The lowest BCUT2D eigenvalue weighted by atomic mass is 9.83. The van der Waals surface area contributed by atoms with Gasteiger partial charge in [0.1, 0.15) is 11.6 Å². The zero-order valence-electron chi connectivity index (χ0n) is 14.7. The summed E-state index contributed by atoms with van der Waals surface area (Å²) in [5.41, 5.74) is 3.63. The topological polar surface area (TPSA) is 32.6 Å². The molecule has 5 heteroatoms. The highest BCUT2D eigenvalue weighted by Crippen LogP contribution is 2.32. The fourth-order valence-corrected chi connectivity index (χ4v) is 3.47. The SMILES string of the molecule is Cc1ccccc1C(C/C(=N/O)c1cc(F)cc(F)c1)c1ccc(Br)cc1. The largest absolute Gasteiger partial charge is 0.411 e. The van der Waals surface area contributed by atoms with E-state index >= 15 is 0 Å². The highest BCUT2D eigenvalue weighted by Gasteiger charge is 2.21. The number of hydrogen-bond acceptors (Lipinski definition) is 2. The summed E-state index contributed by atoms with van der Waals surface area (Å²) in [5.74, 6) is -1.54. The third kappa shape index (κ3) is 4.61. The summed E-state index contributed by atoms with van der Waals surface area (Å²) in [6.07, 6.45) is 0.297. The van der Waals surface area contributed by atoms with Crippen LogP contribution in [0, 0.1) is 18.6 Å². The van der Waals surface area contributed by atoms with Crippen LogP contribution in [0.1, 0.15) is 34.6 Å². The van der Waals surface area contributed by atoms with Crippen LogP contribution in [0.15, 0.2) is 76.4 Å². The smallest absolute Gasteiger partial charge is 0.126 e. The van der Waals surface area contributed by atoms with Crippen molar-refractivity contribution >= 4 is 21.6 Å². The van der Waals surface area contributed by atoms with E-state index in [9.17, 15) is 14.0 Å². The number of nitrogens with zero attached hydrogens (tertiary/aromatic N) is 1. The van der Waals surface area contributed by atoms with Gasteiger partial charge in [-0.3, -0.25) is 0 Å². The normalized spacial score (nSPS) is 12.8. The summed E-state index contributed by atoms with van der Waals surface area (Å²) in [7, 11) is 0. The van der Waals surface area contributed by atoms with Crippen molar-refractivity contribution < 1.29 is 14.0 Å². The molecule has 1 N–H and O–H groups in total. The van der Waals surface area contributed by atoms with E-state index in [1.807, 2.05) is 55.5 Å². The van der Waals surface area contributed by atoms with Crippen LogP contribution in [-0.2, 0) is 0 Å². The Morgan fingerprint density at radius 1 is 1.00 bits per heavy atom. The quantitative estimate of drug-likeness (QED) is 0.282. The Hall–Kier alpha value is -2.53. The van der Waals surface area contributed by atoms with Gasteiger partial charge >= 0.3 is 0 Å². The lowest BCUT2D eigenvalue weighted by Gasteiger charge is -2.21. The van der Waals surface area contributed by atoms with Gasteiger partial charge in [0.15, 0.2) is 0 Å². The first-order valence-corrected chi connectivity index (χ1v) is 9.25. The monoisotopic (exact) mass is 429 g/mol. The molecule has 0 radical (unpaired) electrons. The molecule has 1 unspecified atom stereocenters. The van der Waals surface area contributed by atoms with Crippen molar-refractivity contribution in [2.45, 2.75) is 19.3 Å². The van der Waals surface area contributed by atoms with E-state index < -0.39 is 11.6 Å². The van der Waals surface area contributed by atoms with Crippen LogP contribution < -0.4 is 0 Å². The summed E-state index contributed by atoms with van der Waals surface area (Å²) < 4.78 is 28.2. The molecule has 0 aliphatic carbocycles. The lowest BCUT2D eigenvalue weighted by molar-refractivity contribution is 0.317. The van der Waals surface area contributed by atoms with Gasteiger partial charge < -0.3 is 5.21 Å². The molecule has 0 spiro atoms. The molecule has 138 valence electrons. The van der Waals surface area contributed by atoms with Gasteiger partial charge in [0, 0.05) is 28.4 Å². The van der Waals surface area contributed by atoms with Crippen LogP contribution in [0.25, 0.3) is 0 Å². The highest BCUT2D eigenvalue weighted by molar-refractivity contribution is 9.10. The molecule has 0 saturated carbocycles. The summed E-state index contributed by atoms with van der Waals surface area (Å²) in [6, 6.07) is 18.9. The zero-order valence-corrected chi connectivity index (χ0v) is 16.2. The maximum Gasteiger partial charge on any atom is 0.126 e. The molecule has 0 fully saturated rings. The second-order valence-electron chi connectivity index (χ2n) is 6.37. The van der Waals surface area contributed by atoms with Crippen molar-refractivity contribution in [1.82, 2.24) is 0 Å². The van der Waals surface area contributed by atoms with E-state index in [2.05, 4.69) is 21.1 Å². The average Bonchev–Trinajstić information content (AvgIpc) is 2.64. The van der Waals surface area contributed by atoms with Gasteiger partial charge in [0.2, 0.25) is 0 Å². The van der Waals surface area contributed by atoms with E-state index in [-0.39, 0.29) is 17.2 Å². The maximum absolute atomic E-state index is 13.6. The second kappa shape index (κ2) is 8.44. The van der Waals surface area contributed by atoms with E-state index in [0.717, 1.165) is 27.2 Å². The highest BCUT2D eigenvalue weighted by atomic mass is 79.9. The molecule has 1 atom stereocenters. The van der Waals surface area contributed by atoms with Gasteiger partial charge in [-0.1, -0.05) is 57.5 Å². The van der Waals surface area contributed by atoms with Gasteiger partial charge in [0.25, 0.3) is 0 Å². The van der Waals surface area contributed by atoms with Gasteiger partial charge in [-0.2, -0.15) is 0 Å². The standard InChI is InChI=1S/C22H18BrF2NO/c1-14-4-2-3-5-20(14)21(15-6-8-17(23)9-7-15)13-22(26-27)16-10-18(24)12-19(25)11-16/h2-12,21,27H,13H2,1H3/b26-22-. The van der Waals surface area contributed by atoms with Gasteiger partial charge in [-0.15, -0.1) is 0 Å². The van der Waals surface area contributed by atoms with Gasteiger partial charge in [-0.05, 0) is 47.9 Å². The Morgan fingerprint density at radius 2 is 1.63 bits per heavy atom. The summed E-state index contributed by atoms with van der Waals surface area (Å²) in [6.45, 7) is 2.01. The molecule has 2 nitrogen and oxygen atoms in total. The lowest BCUT2D eigenvalue weighted by Crippen LogP contribution is -2.12. The van der Waals surface area contributed by atoms with Crippen molar-refractivity contribution in [2.24, 2.45) is 5.16 Å². The number of benzene rings is 3. The number of halogens is 3. The first-order chi connectivity index (χ1) is 13.0. The Morgan fingerprint density at radius 3 is 2.22 bits per heavy atom. The first-order valence-electron chi connectivity index (χ1n) is 8.46. The molecule has 3 rings (SSSR count). The summed E-state index contributed by atoms with van der Waals surface area (Å²) in [4.78, 5) is 0. The first kappa shape index (κ1) is 19.2. The van der Waals surface area contributed by atoms with Gasteiger partial charge in [-0.25, -0.2) is 8.78 Å². The molecule has 0 amide bonds. The fraction of sp³-hybridized carbons (Fsp3) is 0.136. The number of rotatable bonds is 5. The molecule has 0 aromatic heterocycles. The van der Waals surface area contributed by atoms with E-state index in [4.69, 9.17) is 0 Å². The number of hydrogen-bond donors (Lipinski definition) is 1. The van der Waals surface area contributed by atoms with Crippen molar-refractivity contribution in [3.8, 4) is 0 Å². The molecule has 3 aromatic rings. The Bertz CT molecular complexity index is 950. The van der Waals surface area contributed by atoms with E-state index in [1.54, 1.807) is 0 Å². The summed E-state index contributed by atoms with van der Waals surface area (Å²) >= 11 is 3.44. The molecule has 0 aliphatic heterocycles. The van der Waals surface area contributed by atoms with Crippen molar-refractivity contribution in [3.05, 3.63) is 105 Å². The Balaban J connectivity index is 2.05. The van der Waals surface area contributed by atoms with Crippen LogP contribution in [0.3, 0.4) is 0 Å². The van der Waals surface area contributed by atoms with Crippen LogP contribution in [0.5, 0.6) is 0 Å². The van der Waals surface area contributed by atoms with E-state index in [0.29, 0.717) is 6.42 Å². The van der Waals surface area contributed by atoms with Crippen molar-refractivity contribution in [1.29, 1.82) is 0 Å². The minimum atomic E-state index is -0.706. The zero-order chi connectivity index (χ0) is 19.4. The Labute approximate surface area is 165 Å². The third-order valence-electron chi connectivity index (χ3n) is 4.55. The van der Waals surface area contributed by atoms with Crippen molar-refractivity contribution in [2.75, 3.05) is 0 Å². The fourth-order valence-electron chi connectivity index (χ4n) is 3.21. The van der Waals surface area contributed by atoms with Gasteiger partial charge in [0.05, 0.1) is 5.71 Å². The third-order valence-corrected chi connectivity index (χ3v) is 5.08. The average molecular weight is 430 g/mol. The molecular weight excluding hydrogens is 412 g/mol. The van der Waals surface area contributed by atoms with Crippen molar-refractivity contribution in [3.63, 3.8) is 0 Å². The molecule has 0 aliphatic rings. The Kier molecular flexibility index (Phi) is 6.01. The van der Waals surface area contributed by atoms with E-state index in [1.165, 1.54) is 12.1 Å². The summed E-state index contributed by atoms with van der Waals surface area (Å²) in [5, 5.41) is 12.9. The molecule has 0 heterocycles. The second-order valence-corrected chi connectivity index (χ2v) is 7.29. The number of oxime groups is 1. The number of aryl methyl sites for hydroxylation is 1. The van der Waals surface area contributed by atoms with Crippen LogP contribution >= 0.6 is 15.9 Å².